The Labute approximate surface area is 189 Å². The van der Waals surface area contributed by atoms with Crippen molar-refractivity contribution < 1.29 is 14.4 Å². The third kappa shape index (κ3) is 3.56. The van der Waals surface area contributed by atoms with Crippen molar-refractivity contribution in [2.45, 2.75) is 64.7 Å². The van der Waals surface area contributed by atoms with Crippen molar-refractivity contribution >= 4 is 34.9 Å². The molecule has 1 aromatic rings. The van der Waals surface area contributed by atoms with Gasteiger partial charge in [-0.15, -0.1) is 0 Å². The van der Waals surface area contributed by atoms with E-state index in [1.54, 1.807) is 6.08 Å². The van der Waals surface area contributed by atoms with Crippen molar-refractivity contribution in [1.29, 1.82) is 0 Å². The van der Waals surface area contributed by atoms with Crippen LogP contribution in [0.25, 0.3) is 0 Å². The van der Waals surface area contributed by atoms with Gasteiger partial charge in [-0.05, 0) is 60.6 Å². The molecular formula is C24H31Cl2NO3. The fraction of sp³-hybridized carbons (Fsp3) is 0.583. The third-order valence-electron chi connectivity index (χ3n) is 7.08. The highest BCUT2D eigenvalue weighted by atomic mass is 35.5. The van der Waals surface area contributed by atoms with E-state index in [4.69, 9.17) is 32.8 Å². The predicted octanol–water partition coefficient (Wildman–Crippen LogP) is 6.66. The summed E-state index contributed by atoms with van der Waals surface area (Å²) in [5, 5.41) is 5.74. The van der Waals surface area contributed by atoms with E-state index >= 15 is 0 Å². The van der Waals surface area contributed by atoms with Crippen molar-refractivity contribution in [3.63, 3.8) is 0 Å². The van der Waals surface area contributed by atoms with E-state index < -0.39 is 5.41 Å². The van der Waals surface area contributed by atoms with Gasteiger partial charge in [-0.3, -0.25) is 4.79 Å². The Hall–Kier alpha value is -1.52. The normalized spacial score (nSPS) is 29.3. The van der Waals surface area contributed by atoms with E-state index in [1.165, 1.54) is 7.11 Å². The number of hydrogen-bond donors (Lipinski definition) is 0. The largest absolute Gasteiger partial charge is 0.469 e. The Bertz CT molecular complexity index is 895. The van der Waals surface area contributed by atoms with Crippen molar-refractivity contribution in [2.24, 2.45) is 16.5 Å². The van der Waals surface area contributed by atoms with Crippen molar-refractivity contribution in [3.8, 4) is 0 Å². The number of halogens is 2. The molecule has 0 amide bonds. The minimum absolute atomic E-state index is 0.00168. The van der Waals surface area contributed by atoms with Crippen molar-refractivity contribution in [1.82, 2.24) is 0 Å². The van der Waals surface area contributed by atoms with E-state index in [9.17, 15) is 4.79 Å². The molecule has 1 fully saturated rings. The van der Waals surface area contributed by atoms with Crippen molar-refractivity contribution in [2.75, 3.05) is 13.7 Å². The van der Waals surface area contributed by atoms with Gasteiger partial charge in [-0.1, -0.05) is 68.2 Å². The molecule has 0 aliphatic heterocycles. The van der Waals surface area contributed by atoms with Crippen molar-refractivity contribution in [3.05, 3.63) is 45.5 Å². The van der Waals surface area contributed by atoms with Crippen LogP contribution in [0.2, 0.25) is 10.0 Å². The number of benzene rings is 1. The topological polar surface area (TPSA) is 47.9 Å². The Morgan fingerprint density at radius 3 is 2.67 bits per heavy atom. The van der Waals surface area contributed by atoms with Crippen LogP contribution in [0.15, 0.2) is 23.9 Å². The molecule has 0 radical (unpaired) electrons. The van der Waals surface area contributed by atoms with Gasteiger partial charge in [-0.2, -0.15) is 0 Å². The van der Waals surface area contributed by atoms with Gasteiger partial charge < -0.3 is 9.57 Å². The molecule has 164 valence electrons. The number of ether oxygens (including phenoxy) is 1. The number of rotatable bonds is 5. The zero-order chi connectivity index (χ0) is 22.3. The molecule has 0 heterocycles. The summed E-state index contributed by atoms with van der Waals surface area (Å²) in [5.41, 5.74) is 2.75. The minimum Gasteiger partial charge on any atom is -0.469 e. The van der Waals surface area contributed by atoms with Crippen LogP contribution in [0.4, 0.5) is 0 Å². The number of methoxy groups -OCH3 is 1. The standard InChI is InChI=1S/C24H31Cl2NO3/c1-7-11-30-27-17-13-18-23(4,9-8-10-24(18,5)22(28)29-6)15-12-16(25)19(14(2)3)21(26)20(15)17/h7,12,14,18H,1,8-11,13H2,2-6H3/b27-17+/t18-,23-,24-/m1/s1. The van der Waals surface area contributed by atoms with E-state index in [-0.39, 0.29) is 23.2 Å². The number of carbonyl (C=O) groups excluding carboxylic acids is 1. The van der Waals surface area contributed by atoms with Crippen LogP contribution in [0.1, 0.15) is 76.0 Å². The van der Waals surface area contributed by atoms with Gasteiger partial charge in [0, 0.05) is 10.6 Å². The average molecular weight is 452 g/mol. The van der Waals surface area contributed by atoms with E-state index in [0.29, 0.717) is 23.1 Å². The van der Waals surface area contributed by atoms with Crippen LogP contribution < -0.4 is 0 Å². The maximum Gasteiger partial charge on any atom is 0.311 e. The molecular weight excluding hydrogens is 421 g/mol. The third-order valence-corrected chi connectivity index (χ3v) is 7.79. The summed E-state index contributed by atoms with van der Waals surface area (Å²) in [7, 11) is 1.46. The molecule has 0 spiro atoms. The number of hydrogen-bond acceptors (Lipinski definition) is 4. The quantitative estimate of drug-likeness (QED) is 0.217. The van der Waals surface area contributed by atoms with Crippen LogP contribution >= 0.6 is 23.2 Å². The maximum absolute atomic E-state index is 12.9. The highest BCUT2D eigenvalue weighted by Crippen LogP contribution is 2.59. The lowest BCUT2D eigenvalue weighted by Gasteiger charge is -2.54. The van der Waals surface area contributed by atoms with Crippen LogP contribution in [-0.2, 0) is 19.8 Å². The number of carbonyl (C=O) groups is 1. The highest BCUT2D eigenvalue weighted by molar-refractivity contribution is 6.39. The molecule has 1 saturated carbocycles. The second-order valence-electron chi connectivity index (χ2n) is 9.22. The van der Waals surface area contributed by atoms with E-state index in [1.807, 2.05) is 13.0 Å². The summed E-state index contributed by atoms with van der Waals surface area (Å²) in [5.74, 6) is -0.00564. The lowest BCUT2D eigenvalue weighted by atomic mass is 9.49. The molecule has 2 aliphatic carbocycles. The molecule has 30 heavy (non-hydrogen) atoms. The summed E-state index contributed by atoms with van der Waals surface area (Å²) >= 11 is 13.7. The van der Waals surface area contributed by atoms with Gasteiger partial charge in [0.25, 0.3) is 0 Å². The molecule has 2 aliphatic rings. The maximum atomic E-state index is 12.9. The first kappa shape index (κ1) is 23.1. The summed E-state index contributed by atoms with van der Waals surface area (Å²) < 4.78 is 5.23. The van der Waals surface area contributed by atoms with Crippen LogP contribution in [0, 0.1) is 11.3 Å². The number of nitrogens with zero attached hydrogens (tertiary/aromatic N) is 1. The van der Waals surface area contributed by atoms with Gasteiger partial charge in [0.1, 0.15) is 6.61 Å². The summed E-state index contributed by atoms with van der Waals surface area (Å²) in [4.78, 5) is 18.4. The zero-order valence-corrected chi connectivity index (χ0v) is 20.0. The van der Waals surface area contributed by atoms with Gasteiger partial charge in [0.05, 0.1) is 23.3 Å². The van der Waals surface area contributed by atoms with Gasteiger partial charge in [0.2, 0.25) is 0 Å². The highest BCUT2D eigenvalue weighted by Gasteiger charge is 2.57. The van der Waals surface area contributed by atoms with E-state index in [2.05, 4.69) is 32.5 Å². The molecule has 0 unspecified atom stereocenters. The monoisotopic (exact) mass is 451 g/mol. The first-order chi connectivity index (χ1) is 14.1. The Kier molecular flexibility index (Phi) is 6.60. The number of esters is 1. The van der Waals surface area contributed by atoms with Gasteiger partial charge in [-0.25, -0.2) is 0 Å². The fourth-order valence-corrected chi connectivity index (χ4v) is 6.57. The average Bonchev–Trinajstić information content (AvgIpc) is 2.68. The SMILES string of the molecule is C=CCO/N=C1\C[C@H]2[C@](C)(C(=O)OC)CCC[C@]2(C)c2cc(Cl)c(C(C)C)c(Cl)c21. The van der Waals surface area contributed by atoms with Crippen LogP contribution in [0.5, 0.6) is 0 Å². The smallest absolute Gasteiger partial charge is 0.311 e. The number of oxime groups is 1. The molecule has 4 nitrogen and oxygen atoms in total. The molecule has 0 aromatic heterocycles. The lowest BCUT2D eigenvalue weighted by molar-refractivity contribution is -0.160. The van der Waals surface area contributed by atoms with Gasteiger partial charge >= 0.3 is 5.97 Å². The Morgan fingerprint density at radius 2 is 2.07 bits per heavy atom. The first-order valence-electron chi connectivity index (χ1n) is 10.5. The Balaban J connectivity index is 2.28. The van der Waals surface area contributed by atoms with E-state index in [0.717, 1.165) is 41.7 Å². The second kappa shape index (κ2) is 8.55. The summed E-state index contributed by atoms with van der Waals surface area (Å²) in [6.07, 6.45) is 4.90. The van der Waals surface area contributed by atoms with Crippen LogP contribution in [0.3, 0.4) is 0 Å². The number of fused-ring (bicyclic) bond motifs is 3. The molecule has 0 bridgehead atoms. The molecule has 3 rings (SSSR count). The summed E-state index contributed by atoms with van der Waals surface area (Å²) in [6, 6.07) is 2.04. The molecule has 0 N–H and O–H groups in total. The van der Waals surface area contributed by atoms with Crippen LogP contribution in [-0.4, -0.2) is 25.4 Å². The molecule has 1 aromatic carbocycles. The first-order valence-corrected chi connectivity index (χ1v) is 11.3. The summed E-state index contributed by atoms with van der Waals surface area (Å²) in [6.45, 7) is 12.4. The predicted molar refractivity (Wildman–Crippen MR) is 123 cm³/mol. The minimum atomic E-state index is -0.617. The fourth-order valence-electron chi connectivity index (χ4n) is 5.57. The lowest BCUT2D eigenvalue weighted by Crippen LogP contribution is -2.54. The molecule has 6 heteroatoms. The zero-order valence-electron chi connectivity index (χ0n) is 18.5. The molecule has 0 saturated heterocycles. The molecule has 3 atom stereocenters. The van der Waals surface area contributed by atoms with Gasteiger partial charge in [0.15, 0.2) is 0 Å². The second-order valence-corrected chi connectivity index (χ2v) is 10.0. The Morgan fingerprint density at radius 1 is 1.37 bits per heavy atom.